The van der Waals surface area contributed by atoms with Gasteiger partial charge in [-0.2, -0.15) is 0 Å². The first-order valence-corrected chi connectivity index (χ1v) is 11.3. The summed E-state index contributed by atoms with van der Waals surface area (Å²) < 4.78 is 26.3. The predicted octanol–water partition coefficient (Wildman–Crippen LogP) is 2.51. The number of rotatable bonds is 6. The van der Waals surface area contributed by atoms with E-state index in [0.717, 1.165) is 28.3 Å². The van der Waals surface area contributed by atoms with Gasteiger partial charge in [-0.05, 0) is 30.7 Å². The van der Waals surface area contributed by atoms with E-state index in [1.807, 2.05) is 18.3 Å². The number of H-pyrrole nitrogens is 1. The third kappa shape index (κ3) is 6.64. The fourth-order valence-corrected chi connectivity index (χ4v) is 4.59. The summed E-state index contributed by atoms with van der Waals surface area (Å²) in [6, 6.07) is 5.80. The summed E-state index contributed by atoms with van der Waals surface area (Å²) in [6.45, 7) is 1.64. The number of hydrogen-bond acceptors (Lipinski definition) is 6. The van der Waals surface area contributed by atoms with Gasteiger partial charge in [0.2, 0.25) is 10.0 Å². The van der Waals surface area contributed by atoms with Gasteiger partial charge in [-0.3, -0.25) is 4.72 Å². The highest BCUT2D eigenvalue weighted by atomic mass is 32.2. The number of sulfonamides is 1. The van der Waals surface area contributed by atoms with Crippen molar-refractivity contribution in [2.24, 2.45) is 0 Å². The molecule has 2 aromatic rings. The Bertz CT molecular complexity index is 971. The van der Waals surface area contributed by atoms with Gasteiger partial charge in [0.25, 0.3) is 0 Å². The second kappa shape index (κ2) is 10.1. The number of fused-ring (bicyclic) bond motifs is 1. The summed E-state index contributed by atoms with van der Waals surface area (Å²) in [5.74, 6) is -1.23. The number of carboxylic acid groups (broad SMARTS) is 2. The van der Waals surface area contributed by atoms with E-state index in [9.17, 15) is 18.0 Å². The van der Waals surface area contributed by atoms with Crippen LogP contribution < -0.4 is 4.72 Å². The van der Waals surface area contributed by atoms with Crippen LogP contribution in [0.2, 0.25) is 0 Å². The minimum Gasteiger partial charge on any atom is -0.478 e. The highest BCUT2D eigenvalue weighted by molar-refractivity contribution is 7.99. The summed E-state index contributed by atoms with van der Waals surface area (Å²) in [5, 5.41) is 15.6. The third-order valence-electron chi connectivity index (χ3n) is 3.98. The molecule has 1 aromatic carbocycles. The highest BCUT2D eigenvalue weighted by Gasteiger charge is 2.26. The highest BCUT2D eigenvalue weighted by Crippen LogP contribution is 2.44. The minimum absolute atomic E-state index is 0.0747. The first kappa shape index (κ1) is 22.5. The van der Waals surface area contributed by atoms with Crippen molar-refractivity contribution in [2.75, 3.05) is 16.2 Å². The standard InChI is InChI=1S/C14H17N3O2S2.C4H4O4/c1-2-21(18,19)17-12-5-3-4-11-10(6-7-20-14(11)12)13-8-15-9-16-13;5-3(6)1-2-4(7)8/h3-5,8-10,17H,2,6-7H2,1H3,(H,15,16);1-2H,(H,5,6)(H,7,8)/b;2-1-. The Kier molecular flexibility index (Phi) is 7.85. The molecule has 1 aliphatic rings. The maximum absolute atomic E-state index is 11.8. The second-order valence-electron chi connectivity index (χ2n) is 5.94. The van der Waals surface area contributed by atoms with E-state index in [4.69, 9.17) is 10.2 Å². The maximum atomic E-state index is 11.8. The smallest absolute Gasteiger partial charge is 0.328 e. The molecule has 1 unspecified atom stereocenters. The lowest BCUT2D eigenvalue weighted by Gasteiger charge is -2.26. The summed E-state index contributed by atoms with van der Waals surface area (Å²) in [7, 11) is -3.26. The number of aromatic amines is 1. The van der Waals surface area contributed by atoms with Gasteiger partial charge in [0.05, 0.1) is 17.8 Å². The fraction of sp³-hybridized carbons (Fsp3) is 0.278. The summed E-state index contributed by atoms with van der Waals surface area (Å²) >= 11 is 1.71. The SMILES string of the molecule is CCS(=O)(=O)Nc1cccc2c1SCCC2c1cnc[nH]1.O=C(O)/C=C\C(=O)O. The van der Waals surface area contributed by atoms with Gasteiger partial charge in [-0.25, -0.2) is 23.0 Å². The number of aliphatic carboxylic acids is 2. The van der Waals surface area contributed by atoms with Crippen LogP contribution in [0, 0.1) is 0 Å². The Labute approximate surface area is 172 Å². The molecule has 0 amide bonds. The second-order valence-corrected chi connectivity index (χ2v) is 9.05. The Morgan fingerprint density at radius 1 is 1.31 bits per heavy atom. The molecule has 0 fully saturated rings. The lowest BCUT2D eigenvalue weighted by molar-refractivity contribution is -0.134. The molecule has 0 saturated heterocycles. The van der Waals surface area contributed by atoms with Crippen LogP contribution in [0.5, 0.6) is 0 Å². The molecule has 11 heteroatoms. The lowest BCUT2D eigenvalue weighted by Crippen LogP contribution is -2.17. The molecule has 29 heavy (non-hydrogen) atoms. The number of carbonyl (C=O) groups is 2. The number of anilines is 1. The molecule has 3 rings (SSSR count). The predicted molar refractivity (Wildman–Crippen MR) is 110 cm³/mol. The number of aromatic nitrogens is 2. The number of nitrogens with one attached hydrogen (secondary N) is 2. The Morgan fingerprint density at radius 3 is 2.55 bits per heavy atom. The van der Waals surface area contributed by atoms with E-state index in [-0.39, 0.29) is 11.7 Å². The van der Waals surface area contributed by atoms with Crippen molar-refractivity contribution >= 4 is 39.4 Å². The number of hydrogen-bond donors (Lipinski definition) is 4. The fourth-order valence-electron chi connectivity index (χ4n) is 2.67. The summed E-state index contributed by atoms with van der Waals surface area (Å²) in [6.07, 6.45) is 5.65. The van der Waals surface area contributed by atoms with Crippen molar-refractivity contribution in [3.63, 3.8) is 0 Å². The molecule has 1 aliphatic heterocycles. The van der Waals surface area contributed by atoms with Crippen molar-refractivity contribution in [1.29, 1.82) is 0 Å². The Balaban J connectivity index is 0.000000321. The largest absolute Gasteiger partial charge is 0.478 e. The van der Waals surface area contributed by atoms with Crippen LogP contribution >= 0.6 is 11.8 Å². The Morgan fingerprint density at radius 2 is 2.00 bits per heavy atom. The van der Waals surface area contributed by atoms with Gasteiger partial charge >= 0.3 is 11.9 Å². The van der Waals surface area contributed by atoms with Crippen LogP contribution in [0.15, 0.2) is 47.8 Å². The van der Waals surface area contributed by atoms with Crippen LogP contribution in [0.4, 0.5) is 5.69 Å². The third-order valence-corrected chi connectivity index (χ3v) is 6.46. The zero-order chi connectivity index (χ0) is 21.4. The number of imidazole rings is 1. The monoisotopic (exact) mass is 439 g/mol. The number of carboxylic acids is 2. The van der Waals surface area contributed by atoms with Crippen molar-refractivity contribution in [3.8, 4) is 0 Å². The molecule has 0 spiro atoms. The van der Waals surface area contributed by atoms with Crippen molar-refractivity contribution < 1.29 is 28.2 Å². The quantitative estimate of drug-likeness (QED) is 0.502. The van der Waals surface area contributed by atoms with Crippen LogP contribution in [-0.4, -0.2) is 52.0 Å². The molecule has 4 N–H and O–H groups in total. The molecule has 0 radical (unpaired) electrons. The van der Waals surface area contributed by atoms with Crippen LogP contribution in [0.3, 0.4) is 0 Å². The molecule has 0 aliphatic carbocycles. The molecular weight excluding hydrogens is 418 g/mol. The van der Waals surface area contributed by atoms with E-state index in [0.29, 0.717) is 17.8 Å². The Hall–Kier alpha value is -2.79. The molecule has 1 aromatic heterocycles. The molecule has 156 valence electrons. The average Bonchev–Trinajstić information content (AvgIpc) is 3.21. The van der Waals surface area contributed by atoms with Gasteiger partial charge < -0.3 is 15.2 Å². The van der Waals surface area contributed by atoms with E-state index in [1.54, 1.807) is 25.0 Å². The first-order chi connectivity index (χ1) is 13.7. The zero-order valence-electron chi connectivity index (χ0n) is 15.5. The van der Waals surface area contributed by atoms with Crippen LogP contribution in [0.25, 0.3) is 0 Å². The van der Waals surface area contributed by atoms with Gasteiger partial charge in [-0.1, -0.05) is 12.1 Å². The van der Waals surface area contributed by atoms with E-state index >= 15 is 0 Å². The van der Waals surface area contributed by atoms with Gasteiger partial charge in [-0.15, -0.1) is 11.8 Å². The normalized spacial score (nSPS) is 15.8. The van der Waals surface area contributed by atoms with Crippen molar-refractivity contribution in [3.05, 3.63) is 54.1 Å². The molecule has 0 bridgehead atoms. The van der Waals surface area contributed by atoms with E-state index in [1.165, 1.54) is 0 Å². The number of nitrogens with zero attached hydrogens (tertiary/aromatic N) is 1. The maximum Gasteiger partial charge on any atom is 0.328 e. The summed E-state index contributed by atoms with van der Waals surface area (Å²) in [4.78, 5) is 27.4. The minimum atomic E-state index is -3.26. The molecule has 0 saturated carbocycles. The van der Waals surface area contributed by atoms with Crippen LogP contribution in [0.1, 0.15) is 30.5 Å². The number of thioether (sulfide) groups is 1. The van der Waals surface area contributed by atoms with Gasteiger partial charge in [0, 0.05) is 34.9 Å². The molecular formula is C18H21N3O6S2. The van der Waals surface area contributed by atoms with E-state index < -0.39 is 22.0 Å². The van der Waals surface area contributed by atoms with Crippen molar-refractivity contribution in [2.45, 2.75) is 24.2 Å². The number of benzene rings is 1. The first-order valence-electron chi connectivity index (χ1n) is 8.62. The van der Waals surface area contributed by atoms with Crippen molar-refractivity contribution in [1.82, 2.24) is 9.97 Å². The lowest BCUT2D eigenvalue weighted by atomic mass is 9.93. The van der Waals surface area contributed by atoms with Crippen LogP contribution in [-0.2, 0) is 19.6 Å². The van der Waals surface area contributed by atoms with Gasteiger partial charge in [0.1, 0.15) is 0 Å². The molecule has 1 atom stereocenters. The van der Waals surface area contributed by atoms with E-state index in [2.05, 4.69) is 20.8 Å². The molecule has 2 heterocycles. The molecule has 9 nitrogen and oxygen atoms in total. The average molecular weight is 440 g/mol. The zero-order valence-corrected chi connectivity index (χ0v) is 17.2. The topological polar surface area (TPSA) is 149 Å². The summed E-state index contributed by atoms with van der Waals surface area (Å²) in [5.41, 5.74) is 2.92. The van der Waals surface area contributed by atoms with Gasteiger partial charge in [0.15, 0.2) is 0 Å².